The average Bonchev–Trinajstić information content (AvgIpc) is 2.40. The Hall–Kier alpha value is -1.49. The van der Waals surface area contributed by atoms with E-state index in [9.17, 15) is 5.26 Å². The molecule has 2 nitrogen and oxygen atoms in total. The number of hydrogen-bond donors (Lipinski definition) is 0. The fraction of sp³-hybridized carbons (Fsp3) is 0.500. The smallest absolute Gasteiger partial charge is 0.127 e. The normalized spacial score (nSPS) is 23.9. The first-order valence-electron chi connectivity index (χ1n) is 5.72. The van der Waals surface area contributed by atoms with Crippen LogP contribution in [0.3, 0.4) is 0 Å². The van der Waals surface area contributed by atoms with Crippen molar-refractivity contribution in [2.45, 2.75) is 39.0 Å². The van der Waals surface area contributed by atoms with Crippen molar-refractivity contribution in [2.24, 2.45) is 0 Å². The van der Waals surface area contributed by atoms with E-state index in [0.717, 1.165) is 29.7 Å². The molecule has 0 radical (unpaired) electrons. The highest BCUT2D eigenvalue weighted by molar-refractivity contribution is 5.50. The Morgan fingerprint density at radius 2 is 2.12 bits per heavy atom. The Bertz CT molecular complexity index is 459. The lowest BCUT2D eigenvalue weighted by Gasteiger charge is -2.22. The van der Waals surface area contributed by atoms with E-state index in [-0.39, 0.29) is 0 Å². The quantitative estimate of drug-likeness (QED) is 0.665. The molecule has 0 amide bonds. The number of hydrogen-bond acceptors (Lipinski definition) is 2. The Labute approximate surface area is 96.9 Å². The standard InChI is InChI=1S/C14H17NO/c1-10-7-11(2)13-12(8-10)14(3,9-15)5-4-6-16-13/h7-8H,4-6H2,1-3H3. The number of nitriles is 1. The summed E-state index contributed by atoms with van der Waals surface area (Å²) in [6, 6.07) is 6.66. The molecule has 1 aliphatic rings. The molecule has 16 heavy (non-hydrogen) atoms. The minimum absolute atomic E-state index is 0.400. The van der Waals surface area contributed by atoms with Gasteiger partial charge in [0.25, 0.3) is 0 Å². The lowest BCUT2D eigenvalue weighted by molar-refractivity contribution is 0.313. The lowest BCUT2D eigenvalue weighted by Crippen LogP contribution is -2.19. The predicted octanol–water partition coefficient (Wildman–Crippen LogP) is 3.26. The molecule has 0 aromatic heterocycles. The molecule has 2 rings (SSSR count). The second-order valence-electron chi connectivity index (χ2n) is 4.85. The molecular weight excluding hydrogens is 198 g/mol. The average molecular weight is 215 g/mol. The van der Waals surface area contributed by atoms with Crippen LogP contribution in [0.2, 0.25) is 0 Å². The minimum atomic E-state index is -0.400. The van der Waals surface area contributed by atoms with Crippen molar-refractivity contribution in [3.63, 3.8) is 0 Å². The van der Waals surface area contributed by atoms with Gasteiger partial charge in [0.15, 0.2) is 0 Å². The highest BCUT2D eigenvalue weighted by Gasteiger charge is 2.32. The second-order valence-corrected chi connectivity index (χ2v) is 4.85. The van der Waals surface area contributed by atoms with Crippen molar-refractivity contribution in [3.05, 3.63) is 28.8 Å². The van der Waals surface area contributed by atoms with Crippen LogP contribution in [0.25, 0.3) is 0 Å². The Morgan fingerprint density at radius 3 is 2.81 bits per heavy atom. The van der Waals surface area contributed by atoms with E-state index in [0.29, 0.717) is 6.61 Å². The molecule has 0 fully saturated rings. The highest BCUT2D eigenvalue weighted by atomic mass is 16.5. The lowest BCUT2D eigenvalue weighted by atomic mass is 9.79. The maximum absolute atomic E-state index is 9.40. The third-order valence-electron chi connectivity index (χ3n) is 3.33. The largest absolute Gasteiger partial charge is 0.493 e. The van der Waals surface area contributed by atoms with E-state index < -0.39 is 5.41 Å². The molecular formula is C14H17NO. The number of ether oxygens (including phenoxy) is 1. The van der Waals surface area contributed by atoms with Gasteiger partial charge in [-0.25, -0.2) is 0 Å². The van der Waals surface area contributed by atoms with E-state index in [1.54, 1.807) is 0 Å². The summed E-state index contributed by atoms with van der Waals surface area (Å²) >= 11 is 0. The van der Waals surface area contributed by atoms with E-state index in [4.69, 9.17) is 4.74 Å². The van der Waals surface area contributed by atoms with Crippen molar-refractivity contribution in [3.8, 4) is 11.8 Å². The first-order chi connectivity index (χ1) is 7.57. The minimum Gasteiger partial charge on any atom is -0.493 e. The van der Waals surface area contributed by atoms with Crippen LogP contribution >= 0.6 is 0 Å². The summed E-state index contributed by atoms with van der Waals surface area (Å²) in [7, 11) is 0. The first-order valence-corrected chi connectivity index (χ1v) is 5.72. The molecule has 1 aromatic rings. The zero-order chi connectivity index (χ0) is 11.8. The van der Waals surface area contributed by atoms with Gasteiger partial charge in [-0.3, -0.25) is 0 Å². The van der Waals surface area contributed by atoms with Gasteiger partial charge in [-0.05, 0) is 39.2 Å². The zero-order valence-corrected chi connectivity index (χ0v) is 10.1. The van der Waals surface area contributed by atoms with E-state index in [2.05, 4.69) is 32.0 Å². The summed E-state index contributed by atoms with van der Waals surface area (Å²) in [6.45, 7) is 6.85. The summed E-state index contributed by atoms with van der Waals surface area (Å²) in [6.07, 6.45) is 1.82. The van der Waals surface area contributed by atoms with Crippen molar-refractivity contribution in [1.29, 1.82) is 5.26 Å². The highest BCUT2D eigenvalue weighted by Crippen LogP contribution is 2.40. The van der Waals surface area contributed by atoms with Crippen molar-refractivity contribution >= 4 is 0 Å². The van der Waals surface area contributed by atoms with Gasteiger partial charge in [-0.1, -0.05) is 17.7 Å². The predicted molar refractivity (Wildman–Crippen MR) is 63.6 cm³/mol. The number of rotatable bonds is 0. The Kier molecular flexibility index (Phi) is 2.63. The number of aryl methyl sites for hydroxylation is 2. The molecule has 1 aliphatic heterocycles. The third-order valence-corrected chi connectivity index (χ3v) is 3.33. The van der Waals surface area contributed by atoms with Crippen molar-refractivity contribution in [1.82, 2.24) is 0 Å². The molecule has 1 aromatic carbocycles. The van der Waals surface area contributed by atoms with Crippen molar-refractivity contribution < 1.29 is 4.74 Å². The maximum atomic E-state index is 9.40. The van der Waals surface area contributed by atoms with Crippen LogP contribution in [0, 0.1) is 25.2 Å². The Morgan fingerprint density at radius 1 is 1.38 bits per heavy atom. The third kappa shape index (κ3) is 1.67. The summed E-state index contributed by atoms with van der Waals surface area (Å²) in [5.74, 6) is 0.923. The van der Waals surface area contributed by atoms with Crippen LogP contribution in [-0.2, 0) is 5.41 Å². The summed E-state index contributed by atoms with van der Waals surface area (Å²) in [4.78, 5) is 0. The topological polar surface area (TPSA) is 33.0 Å². The van der Waals surface area contributed by atoms with Gasteiger partial charge in [0.1, 0.15) is 5.75 Å². The van der Waals surface area contributed by atoms with Gasteiger partial charge in [0, 0.05) is 5.56 Å². The molecule has 0 aliphatic carbocycles. The maximum Gasteiger partial charge on any atom is 0.127 e. The van der Waals surface area contributed by atoms with Gasteiger partial charge in [-0.2, -0.15) is 5.26 Å². The zero-order valence-electron chi connectivity index (χ0n) is 10.1. The van der Waals surface area contributed by atoms with Crippen LogP contribution in [0.15, 0.2) is 12.1 Å². The van der Waals surface area contributed by atoms with Crippen LogP contribution in [0.5, 0.6) is 5.75 Å². The van der Waals surface area contributed by atoms with Gasteiger partial charge in [0.05, 0.1) is 18.1 Å². The van der Waals surface area contributed by atoms with Gasteiger partial charge in [0.2, 0.25) is 0 Å². The van der Waals surface area contributed by atoms with E-state index in [1.807, 2.05) is 6.92 Å². The molecule has 0 spiro atoms. The molecule has 0 saturated carbocycles. The monoisotopic (exact) mass is 215 g/mol. The summed E-state index contributed by atoms with van der Waals surface area (Å²) in [5.41, 5.74) is 2.99. The van der Waals surface area contributed by atoms with Gasteiger partial charge >= 0.3 is 0 Å². The number of benzene rings is 1. The fourth-order valence-electron chi connectivity index (χ4n) is 2.41. The fourth-order valence-corrected chi connectivity index (χ4v) is 2.41. The molecule has 0 saturated heterocycles. The van der Waals surface area contributed by atoms with Crippen LogP contribution in [-0.4, -0.2) is 6.61 Å². The molecule has 2 heteroatoms. The Balaban J connectivity index is 2.66. The van der Waals surface area contributed by atoms with Crippen LogP contribution < -0.4 is 4.74 Å². The van der Waals surface area contributed by atoms with Gasteiger partial charge < -0.3 is 4.74 Å². The molecule has 1 heterocycles. The molecule has 1 unspecified atom stereocenters. The molecule has 0 N–H and O–H groups in total. The molecule has 1 atom stereocenters. The van der Waals surface area contributed by atoms with Crippen LogP contribution in [0.1, 0.15) is 36.5 Å². The van der Waals surface area contributed by atoms with Crippen LogP contribution in [0.4, 0.5) is 0 Å². The molecule has 0 bridgehead atoms. The first kappa shape index (κ1) is 11.0. The van der Waals surface area contributed by atoms with Crippen molar-refractivity contribution in [2.75, 3.05) is 6.61 Å². The SMILES string of the molecule is Cc1cc(C)c2c(c1)C(C)(C#N)CCCO2. The summed E-state index contributed by atoms with van der Waals surface area (Å²) in [5, 5.41) is 9.40. The van der Waals surface area contributed by atoms with Gasteiger partial charge in [-0.15, -0.1) is 0 Å². The summed E-state index contributed by atoms with van der Waals surface area (Å²) < 4.78 is 5.78. The van der Waals surface area contributed by atoms with E-state index in [1.165, 1.54) is 5.56 Å². The second kappa shape index (κ2) is 3.83. The number of nitrogens with zero attached hydrogens (tertiary/aromatic N) is 1. The van der Waals surface area contributed by atoms with E-state index >= 15 is 0 Å². The molecule has 84 valence electrons. The number of fused-ring (bicyclic) bond motifs is 1.